The largest absolute Gasteiger partial charge is 0.454 e. The van der Waals surface area contributed by atoms with Gasteiger partial charge in [0.15, 0.2) is 11.5 Å². The quantitative estimate of drug-likeness (QED) is 0.898. The predicted octanol–water partition coefficient (Wildman–Crippen LogP) is 1.63. The molecule has 1 amide bonds. The number of fused-ring (bicyclic) bond motifs is 4. The van der Waals surface area contributed by atoms with Gasteiger partial charge >= 0.3 is 0 Å². The van der Waals surface area contributed by atoms with Crippen molar-refractivity contribution < 1.29 is 14.3 Å². The van der Waals surface area contributed by atoms with Crippen molar-refractivity contribution in [1.82, 2.24) is 10.2 Å². The van der Waals surface area contributed by atoms with Crippen molar-refractivity contribution in [2.75, 3.05) is 19.9 Å². The maximum absolute atomic E-state index is 12.5. The lowest BCUT2D eigenvalue weighted by molar-refractivity contribution is 0.0217. The van der Waals surface area contributed by atoms with E-state index < -0.39 is 0 Å². The molecule has 2 atom stereocenters. The molecule has 4 aliphatic rings. The number of carbonyl (C=O) groups is 1. The predicted molar refractivity (Wildman–Crippen MR) is 77.6 cm³/mol. The topological polar surface area (TPSA) is 50.8 Å². The summed E-state index contributed by atoms with van der Waals surface area (Å²) in [6.45, 7) is 4.79. The minimum Gasteiger partial charge on any atom is -0.454 e. The Kier molecular flexibility index (Phi) is 3.03. The number of ether oxygens (including phenoxy) is 2. The van der Waals surface area contributed by atoms with Gasteiger partial charge in [0.25, 0.3) is 5.91 Å². The van der Waals surface area contributed by atoms with E-state index in [1.807, 2.05) is 0 Å². The molecule has 3 fully saturated rings. The van der Waals surface area contributed by atoms with Crippen LogP contribution in [0.1, 0.15) is 30.1 Å². The van der Waals surface area contributed by atoms with E-state index >= 15 is 0 Å². The molecule has 0 aliphatic carbocycles. The summed E-state index contributed by atoms with van der Waals surface area (Å²) in [6, 6.07) is 6.05. The van der Waals surface area contributed by atoms with Crippen LogP contribution in [0.15, 0.2) is 18.2 Å². The van der Waals surface area contributed by atoms with Gasteiger partial charge in [0.05, 0.1) is 0 Å². The number of hydrogen-bond donors (Lipinski definition) is 1. The third kappa shape index (κ3) is 2.16. The van der Waals surface area contributed by atoms with Crippen LogP contribution in [-0.2, 0) is 0 Å². The van der Waals surface area contributed by atoms with Gasteiger partial charge in [-0.1, -0.05) is 0 Å². The van der Waals surface area contributed by atoms with Crippen molar-refractivity contribution in [2.45, 2.75) is 31.8 Å². The molecule has 5 rings (SSSR count). The number of nitrogens with zero attached hydrogens (tertiary/aromatic N) is 1. The van der Waals surface area contributed by atoms with E-state index in [0.29, 0.717) is 29.0 Å². The third-order valence-electron chi connectivity index (χ3n) is 5.11. The number of amides is 1. The monoisotopic (exact) mass is 288 g/mol. The van der Waals surface area contributed by atoms with Crippen LogP contribution in [0.3, 0.4) is 0 Å². The van der Waals surface area contributed by atoms with Gasteiger partial charge < -0.3 is 14.8 Å². The first kappa shape index (κ1) is 13.0. The van der Waals surface area contributed by atoms with E-state index in [0.717, 1.165) is 0 Å². The molecule has 0 spiro atoms. The fourth-order valence-electron chi connectivity index (χ4n) is 3.82. The first-order valence-electron chi connectivity index (χ1n) is 7.67. The van der Waals surface area contributed by atoms with E-state index in [2.05, 4.69) is 17.1 Å². The fraction of sp³-hybridized carbons (Fsp3) is 0.562. The normalized spacial score (nSPS) is 33.0. The summed E-state index contributed by atoms with van der Waals surface area (Å²) in [6.07, 6.45) is 2.38. The van der Waals surface area contributed by atoms with E-state index in [4.69, 9.17) is 9.47 Å². The van der Waals surface area contributed by atoms with Gasteiger partial charge in [-0.2, -0.15) is 0 Å². The van der Waals surface area contributed by atoms with Crippen LogP contribution in [0.5, 0.6) is 11.5 Å². The maximum atomic E-state index is 12.5. The van der Waals surface area contributed by atoms with Crippen molar-refractivity contribution in [3.63, 3.8) is 0 Å². The van der Waals surface area contributed by atoms with Gasteiger partial charge in [-0.3, -0.25) is 9.69 Å². The third-order valence-corrected chi connectivity index (χ3v) is 5.11. The van der Waals surface area contributed by atoms with Crippen LogP contribution in [-0.4, -0.2) is 42.8 Å². The highest BCUT2D eigenvalue weighted by Gasteiger charge is 2.40. The highest BCUT2D eigenvalue weighted by Crippen LogP contribution is 2.34. The molecule has 5 heteroatoms. The van der Waals surface area contributed by atoms with Gasteiger partial charge in [0.1, 0.15) is 0 Å². The summed E-state index contributed by atoms with van der Waals surface area (Å²) < 4.78 is 10.6. The second-order valence-corrected chi connectivity index (χ2v) is 6.18. The molecule has 0 aromatic heterocycles. The number of nitrogens with one attached hydrogen (secondary N) is 1. The number of carbonyl (C=O) groups excluding carboxylic acids is 1. The Bertz CT molecular complexity index is 565. The molecule has 1 N–H and O–H groups in total. The van der Waals surface area contributed by atoms with E-state index in [-0.39, 0.29) is 18.7 Å². The fourth-order valence-corrected chi connectivity index (χ4v) is 3.82. The zero-order valence-electron chi connectivity index (χ0n) is 12.2. The van der Waals surface area contributed by atoms with Crippen LogP contribution < -0.4 is 14.8 Å². The molecule has 5 nitrogen and oxygen atoms in total. The van der Waals surface area contributed by atoms with Crippen molar-refractivity contribution >= 4 is 5.91 Å². The molecule has 112 valence electrons. The molecule has 4 heterocycles. The molecule has 3 saturated heterocycles. The van der Waals surface area contributed by atoms with Crippen LogP contribution >= 0.6 is 0 Å². The van der Waals surface area contributed by atoms with Crippen molar-refractivity contribution in [3.05, 3.63) is 23.8 Å². The summed E-state index contributed by atoms with van der Waals surface area (Å²) in [4.78, 5) is 15.0. The second kappa shape index (κ2) is 4.91. The van der Waals surface area contributed by atoms with Crippen LogP contribution in [0.25, 0.3) is 0 Å². The first-order chi connectivity index (χ1) is 10.2. The molecular formula is C16H20N2O3. The molecule has 0 saturated carbocycles. The SMILES string of the molecule is C[C@H]1[C@H](NC(=O)c2ccc3c(c2)OCO3)C2CCN1CC2. The molecule has 21 heavy (non-hydrogen) atoms. The molecule has 1 aromatic rings. The molecule has 0 unspecified atom stereocenters. The summed E-state index contributed by atoms with van der Waals surface area (Å²) in [7, 11) is 0. The molecule has 4 aliphatic heterocycles. The van der Waals surface area contributed by atoms with Gasteiger partial charge in [0, 0.05) is 17.6 Å². The Morgan fingerprint density at radius 3 is 2.76 bits per heavy atom. The number of rotatable bonds is 2. The molecular weight excluding hydrogens is 268 g/mol. The Morgan fingerprint density at radius 1 is 1.24 bits per heavy atom. The van der Waals surface area contributed by atoms with Gasteiger partial charge in [-0.25, -0.2) is 0 Å². The number of piperidine rings is 3. The average Bonchev–Trinajstić information content (AvgIpc) is 2.98. The minimum atomic E-state index is -0.0149. The molecule has 1 aromatic carbocycles. The zero-order chi connectivity index (χ0) is 14.4. The molecule has 2 bridgehead atoms. The Morgan fingerprint density at radius 2 is 2.00 bits per heavy atom. The van der Waals surface area contributed by atoms with Crippen LogP contribution in [0.4, 0.5) is 0 Å². The second-order valence-electron chi connectivity index (χ2n) is 6.18. The Labute approximate surface area is 124 Å². The zero-order valence-corrected chi connectivity index (χ0v) is 12.2. The van der Waals surface area contributed by atoms with E-state index in [9.17, 15) is 4.79 Å². The summed E-state index contributed by atoms with van der Waals surface area (Å²) in [5.41, 5.74) is 0.642. The van der Waals surface area contributed by atoms with Crippen molar-refractivity contribution in [1.29, 1.82) is 0 Å². The lowest BCUT2D eigenvalue weighted by Crippen LogP contribution is -2.62. The van der Waals surface area contributed by atoms with Crippen LogP contribution in [0, 0.1) is 5.92 Å². The smallest absolute Gasteiger partial charge is 0.251 e. The highest BCUT2D eigenvalue weighted by molar-refractivity contribution is 5.95. The van der Waals surface area contributed by atoms with Crippen molar-refractivity contribution in [2.24, 2.45) is 5.92 Å². The standard InChI is InChI=1S/C16H20N2O3/c1-10-15(11-4-6-18(10)7-5-11)17-16(19)12-2-3-13-14(8-12)21-9-20-13/h2-3,8,10-11,15H,4-7,9H2,1H3,(H,17,19)/t10-,15-/m0/s1. The number of hydrogen-bond acceptors (Lipinski definition) is 4. The molecule has 0 radical (unpaired) electrons. The Hall–Kier alpha value is -1.75. The van der Waals surface area contributed by atoms with Gasteiger partial charge in [-0.05, 0) is 57.0 Å². The summed E-state index contributed by atoms with van der Waals surface area (Å²) in [5.74, 6) is 1.97. The Balaban J connectivity index is 1.50. The number of benzene rings is 1. The maximum Gasteiger partial charge on any atom is 0.251 e. The summed E-state index contributed by atoms with van der Waals surface area (Å²) in [5, 5.41) is 3.23. The average molecular weight is 288 g/mol. The van der Waals surface area contributed by atoms with Gasteiger partial charge in [-0.15, -0.1) is 0 Å². The highest BCUT2D eigenvalue weighted by atomic mass is 16.7. The van der Waals surface area contributed by atoms with Crippen molar-refractivity contribution in [3.8, 4) is 11.5 Å². The minimum absolute atomic E-state index is 0.0149. The first-order valence-corrected chi connectivity index (χ1v) is 7.67. The van der Waals surface area contributed by atoms with E-state index in [1.54, 1.807) is 18.2 Å². The lowest BCUT2D eigenvalue weighted by Gasteiger charge is -2.49. The summed E-state index contributed by atoms with van der Waals surface area (Å²) >= 11 is 0. The lowest BCUT2D eigenvalue weighted by atomic mass is 9.79. The van der Waals surface area contributed by atoms with E-state index in [1.165, 1.54) is 25.9 Å². The van der Waals surface area contributed by atoms with Gasteiger partial charge in [0.2, 0.25) is 6.79 Å². The van der Waals surface area contributed by atoms with Crippen LogP contribution in [0.2, 0.25) is 0 Å².